The normalized spacial score (nSPS) is 11.3. The SMILES string of the molecule is O=C(C[n+]1cccc2c3ccccc3ccc21)c1ccc(-c2cc3ccccc3oc2=O)cc1. The van der Waals surface area contributed by atoms with E-state index < -0.39 is 5.63 Å². The first kappa shape index (κ1) is 20.1. The summed E-state index contributed by atoms with van der Waals surface area (Å²) >= 11 is 0. The first-order chi connectivity index (χ1) is 16.7. The number of benzene rings is 4. The van der Waals surface area contributed by atoms with Crippen molar-refractivity contribution in [2.75, 3.05) is 0 Å². The Bertz CT molecular complexity index is 1760. The number of pyridine rings is 1. The molecule has 162 valence electrons. The summed E-state index contributed by atoms with van der Waals surface area (Å²) in [6.07, 6.45) is 1.93. The Balaban J connectivity index is 1.32. The van der Waals surface area contributed by atoms with Crippen LogP contribution >= 0.6 is 0 Å². The van der Waals surface area contributed by atoms with Gasteiger partial charge in [-0.05, 0) is 40.6 Å². The molecule has 0 aliphatic carbocycles. The number of aromatic nitrogens is 1. The third kappa shape index (κ3) is 3.46. The standard InChI is InChI=1S/C30H20NO3/c32-28(19-31-17-5-9-25-24-8-3-1-6-20(24)15-16-27(25)31)22-13-11-21(12-14-22)26-18-23-7-2-4-10-29(23)34-30(26)33/h1-18H,19H2/q+1. The van der Waals surface area contributed by atoms with Crippen LogP contribution in [0.4, 0.5) is 0 Å². The second-order valence-electron chi connectivity index (χ2n) is 8.34. The largest absolute Gasteiger partial charge is 0.422 e. The number of fused-ring (bicyclic) bond motifs is 4. The summed E-state index contributed by atoms with van der Waals surface area (Å²) in [5, 5.41) is 4.32. The van der Waals surface area contributed by atoms with E-state index in [1.54, 1.807) is 30.3 Å². The van der Waals surface area contributed by atoms with Gasteiger partial charge in [-0.2, -0.15) is 4.57 Å². The number of ketones is 1. The van der Waals surface area contributed by atoms with E-state index in [1.165, 1.54) is 10.8 Å². The van der Waals surface area contributed by atoms with Gasteiger partial charge in [0, 0.05) is 23.1 Å². The van der Waals surface area contributed by atoms with Crippen LogP contribution in [0.5, 0.6) is 0 Å². The van der Waals surface area contributed by atoms with Crippen LogP contribution in [0.1, 0.15) is 10.4 Å². The molecule has 6 aromatic rings. The molecule has 6 rings (SSSR count). The van der Waals surface area contributed by atoms with Gasteiger partial charge in [-0.15, -0.1) is 0 Å². The van der Waals surface area contributed by atoms with Crippen molar-refractivity contribution in [1.29, 1.82) is 0 Å². The molecule has 0 atom stereocenters. The van der Waals surface area contributed by atoms with Crippen LogP contribution in [-0.4, -0.2) is 5.78 Å². The zero-order valence-electron chi connectivity index (χ0n) is 18.3. The molecule has 0 fully saturated rings. The summed E-state index contributed by atoms with van der Waals surface area (Å²) < 4.78 is 7.43. The lowest BCUT2D eigenvalue weighted by molar-refractivity contribution is -0.657. The van der Waals surface area contributed by atoms with Crippen molar-refractivity contribution in [2.45, 2.75) is 6.54 Å². The molecule has 0 amide bonds. The summed E-state index contributed by atoms with van der Waals surface area (Å²) in [6, 6.07) is 32.9. The second kappa shape index (κ2) is 8.09. The molecule has 4 aromatic carbocycles. The predicted molar refractivity (Wildman–Crippen MR) is 134 cm³/mol. The number of Topliss-reactive ketones (excluding diaryl/α,β-unsaturated/α-hetero) is 1. The molecular formula is C30H20NO3+. The van der Waals surface area contributed by atoms with Crippen molar-refractivity contribution in [3.63, 3.8) is 0 Å². The number of carbonyl (C=O) groups is 1. The summed E-state index contributed by atoms with van der Waals surface area (Å²) in [5.41, 5.74) is 2.98. The van der Waals surface area contributed by atoms with E-state index in [1.807, 2.05) is 53.2 Å². The first-order valence-corrected chi connectivity index (χ1v) is 11.1. The molecular weight excluding hydrogens is 422 g/mol. The van der Waals surface area contributed by atoms with Crippen molar-refractivity contribution in [3.8, 4) is 11.1 Å². The van der Waals surface area contributed by atoms with E-state index in [0.29, 0.717) is 16.7 Å². The van der Waals surface area contributed by atoms with Crippen LogP contribution in [0, 0.1) is 0 Å². The Labute approximate surface area is 195 Å². The van der Waals surface area contributed by atoms with Crippen LogP contribution in [-0.2, 0) is 6.54 Å². The fraction of sp³-hybridized carbons (Fsp3) is 0.0333. The molecule has 0 N–H and O–H groups in total. The maximum atomic E-state index is 13.1. The van der Waals surface area contributed by atoms with Crippen molar-refractivity contribution in [1.82, 2.24) is 0 Å². The number of carbonyl (C=O) groups excluding carboxylic acids is 1. The number of para-hydroxylation sites is 1. The number of nitrogens with zero attached hydrogens (tertiary/aromatic N) is 1. The Morgan fingerprint density at radius 1 is 0.735 bits per heavy atom. The van der Waals surface area contributed by atoms with Gasteiger partial charge in [0.05, 0.1) is 10.9 Å². The van der Waals surface area contributed by atoms with Crippen LogP contribution in [0.2, 0.25) is 0 Å². The molecule has 0 unspecified atom stereocenters. The average Bonchev–Trinajstić information content (AvgIpc) is 2.88. The molecule has 4 heteroatoms. The van der Waals surface area contributed by atoms with Gasteiger partial charge >= 0.3 is 5.63 Å². The van der Waals surface area contributed by atoms with Crippen LogP contribution in [0.15, 0.2) is 119 Å². The van der Waals surface area contributed by atoms with Gasteiger partial charge in [-0.1, -0.05) is 66.7 Å². The van der Waals surface area contributed by atoms with Gasteiger partial charge in [0.15, 0.2) is 6.20 Å². The molecule has 0 radical (unpaired) electrons. The quantitative estimate of drug-likeness (QED) is 0.147. The van der Waals surface area contributed by atoms with Gasteiger partial charge < -0.3 is 4.42 Å². The summed E-state index contributed by atoms with van der Waals surface area (Å²) in [5.74, 6) is 0.00255. The van der Waals surface area contributed by atoms with E-state index in [4.69, 9.17) is 4.42 Å². The lowest BCUT2D eigenvalue weighted by Crippen LogP contribution is -2.38. The number of hydrogen-bond donors (Lipinski definition) is 0. The molecule has 0 saturated heterocycles. The fourth-order valence-corrected chi connectivity index (χ4v) is 4.52. The number of hydrogen-bond acceptors (Lipinski definition) is 3. The smallest absolute Gasteiger partial charge is 0.344 e. The molecule has 0 saturated carbocycles. The van der Waals surface area contributed by atoms with Crippen LogP contribution in [0.25, 0.3) is 43.8 Å². The van der Waals surface area contributed by atoms with Crippen molar-refractivity contribution < 1.29 is 13.8 Å². The molecule has 0 bridgehead atoms. The minimum atomic E-state index is -0.392. The maximum Gasteiger partial charge on any atom is 0.344 e. The van der Waals surface area contributed by atoms with Gasteiger partial charge in [-0.3, -0.25) is 4.79 Å². The van der Waals surface area contributed by atoms with Crippen LogP contribution < -0.4 is 10.2 Å². The molecule has 0 aliphatic heterocycles. The third-order valence-electron chi connectivity index (χ3n) is 6.26. The van der Waals surface area contributed by atoms with E-state index in [9.17, 15) is 9.59 Å². The van der Waals surface area contributed by atoms with Gasteiger partial charge in [0.1, 0.15) is 5.58 Å². The van der Waals surface area contributed by atoms with Crippen molar-refractivity contribution >= 4 is 38.4 Å². The average molecular weight is 442 g/mol. The highest BCUT2D eigenvalue weighted by Crippen LogP contribution is 2.24. The summed E-state index contributed by atoms with van der Waals surface area (Å²) in [4.78, 5) is 25.6. The zero-order valence-corrected chi connectivity index (χ0v) is 18.3. The van der Waals surface area contributed by atoms with Crippen LogP contribution in [0.3, 0.4) is 0 Å². The topological polar surface area (TPSA) is 51.2 Å². The molecule has 34 heavy (non-hydrogen) atoms. The lowest BCUT2D eigenvalue weighted by atomic mass is 10.0. The minimum Gasteiger partial charge on any atom is -0.422 e. The third-order valence-corrected chi connectivity index (χ3v) is 6.26. The monoisotopic (exact) mass is 442 g/mol. The minimum absolute atomic E-state index is 0.00255. The molecule has 2 heterocycles. The second-order valence-corrected chi connectivity index (χ2v) is 8.34. The molecule has 4 nitrogen and oxygen atoms in total. The maximum absolute atomic E-state index is 13.1. The first-order valence-electron chi connectivity index (χ1n) is 11.1. The van der Waals surface area contributed by atoms with Crippen molar-refractivity contribution in [2.24, 2.45) is 0 Å². The fourth-order valence-electron chi connectivity index (χ4n) is 4.52. The highest BCUT2D eigenvalue weighted by molar-refractivity contribution is 6.05. The molecule has 2 aromatic heterocycles. The zero-order chi connectivity index (χ0) is 23.1. The highest BCUT2D eigenvalue weighted by Gasteiger charge is 2.17. The van der Waals surface area contributed by atoms with E-state index in [0.717, 1.165) is 21.9 Å². The number of rotatable bonds is 4. The van der Waals surface area contributed by atoms with Gasteiger partial charge in [-0.25, -0.2) is 4.79 Å². The summed E-state index contributed by atoms with van der Waals surface area (Å²) in [7, 11) is 0. The van der Waals surface area contributed by atoms with Gasteiger partial charge in [0.25, 0.3) is 0 Å². The molecule has 0 spiro atoms. The Kier molecular flexibility index (Phi) is 4.77. The Morgan fingerprint density at radius 3 is 2.32 bits per heavy atom. The summed E-state index contributed by atoms with van der Waals surface area (Å²) in [6.45, 7) is 0.229. The Morgan fingerprint density at radius 2 is 1.47 bits per heavy atom. The van der Waals surface area contributed by atoms with Gasteiger partial charge in [0.2, 0.25) is 17.8 Å². The Hall–Kier alpha value is -4.57. The lowest BCUT2D eigenvalue weighted by Gasteiger charge is -2.06. The predicted octanol–water partition coefficient (Wildman–Crippen LogP) is 5.94. The highest BCUT2D eigenvalue weighted by atomic mass is 16.4. The van der Waals surface area contributed by atoms with Crippen molar-refractivity contribution in [3.05, 3.63) is 125 Å². The molecule has 0 aliphatic rings. The van der Waals surface area contributed by atoms with E-state index in [2.05, 4.69) is 30.3 Å². The van der Waals surface area contributed by atoms with E-state index >= 15 is 0 Å². The van der Waals surface area contributed by atoms with E-state index in [-0.39, 0.29) is 12.3 Å².